The zero-order valence-corrected chi connectivity index (χ0v) is 22.4. The molecule has 1 aliphatic rings. The summed E-state index contributed by atoms with van der Waals surface area (Å²) in [5.74, 6) is -0.708. The van der Waals surface area contributed by atoms with E-state index in [1.165, 1.54) is 6.08 Å². The van der Waals surface area contributed by atoms with Crippen molar-refractivity contribution < 1.29 is 44.3 Å². The SMILES string of the molecule is CCCCC1C=C(F)C(C#Cc2ccc(C(F)(F)Oc3ccc(C#Cc4cc(F)c(F)c(F)c4)c(F)c3)c(F)c2)=C(F)C1. The maximum atomic E-state index is 14.8. The van der Waals surface area contributed by atoms with Gasteiger partial charge in [0.15, 0.2) is 17.5 Å². The predicted octanol–water partition coefficient (Wildman–Crippen LogP) is 9.55. The number of benzene rings is 3. The van der Waals surface area contributed by atoms with E-state index in [4.69, 9.17) is 0 Å². The second-order valence-electron chi connectivity index (χ2n) is 9.61. The largest absolute Gasteiger partial charge is 0.429 e. The Balaban J connectivity index is 1.48. The Morgan fingerprint density at radius 1 is 0.767 bits per heavy atom. The van der Waals surface area contributed by atoms with Crippen molar-refractivity contribution >= 4 is 0 Å². The maximum absolute atomic E-state index is 14.8. The Morgan fingerprint density at radius 3 is 2.07 bits per heavy atom. The zero-order valence-electron chi connectivity index (χ0n) is 22.4. The van der Waals surface area contributed by atoms with Gasteiger partial charge in [0.05, 0.1) is 11.1 Å². The fourth-order valence-corrected chi connectivity index (χ4v) is 4.18. The molecule has 1 nitrogen and oxygen atoms in total. The lowest BCUT2D eigenvalue weighted by Crippen LogP contribution is -2.23. The number of halogens is 9. The van der Waals surface area contributed by atoms with E-state index < -0.39 is 63.7 Å². The Labute approximate surface area is 241 Å². The summed E-state index contributed by atoms with van der Waals surface area (Å²) in [5, 5.41) is 0. The van der Waals surface area contributed by atoms with Gasteiger partial charge in [-0.3, -0.25) is 0 Å². The van der Waals surface area contributed by atoms with Crippen molar-refractivity contribution in [2.75, 3.05) is 0 Å². The van der Waals surface area contributed by atoms with Crippen LogP contribution in [0.25, 0.3) is 0 Å². The molecule has 1 aliphatic carbocycles. The predicted molar refractivity (Wildman–Crippen MR) is 141 cm³/mol. The van der Waals surface area contributed by atoms with Crippen LogP contribution in [0.15, 0.2) is 71.8 Å². The van der Waals surface area contributed by atoms with Crippen LogP contribution in [-0.4, -0.2) is 0 Å². The number of rotatable bonds is 6. The minimum absolute atomic E-state index is 0.0172. The molecule has 0 N–H and O–H groups in total. The van der Waals surface area contributed by atoms with Crippen molar-refractivity contribution in [3.63, 3.8) is 0 Å². The Morgan fingerprint density at radius 2 is 1.44 bits per heavy atom. The molecule has 0 aromatic heterocycles. The van der Waals surface area contributed by atoms with E-state index in [0.29, 0.717) is 36.8 Å². The molecule has 222 valence electrons. The van der Waals surface area contributed by atoms with Crippen LogP contribution in [0.5, 0.6) is 5.75 Å². The molecule has 0 spiro atoms. The molecule has 0 bridgehead atoms. The van der Waals surface area contributed by atoms with Gasteiger partial charge in [0, 0.05) is 23.6 Å². The summed E-state index contributed by atoms with van der Waals surface area (Å²) >= 11 is 0. The first-order chi connectivity index (χ1) is 20.4. The molecule has 1 unspecified atom stereocenters. The molecule has 1 atom stereocenters. The number of ether oxygens (including phenoxy) is 1. The van der Waals surface area contributed by atoms with Gasteiger partial charge in [0.25, 0.3) is 0 Å². The molecular formula is C33H21F9O. The van der Waals surface area contributed by atoms with Gasteiger partial charge in [0.1, 0.15) is 34.6 Å². The molecule has 0 amide bonds. The highest BCUT2D eigenvalue weighted by Gasteiger charge is 2.38. The fourth-order valence-electron chi connectivity index (χ4n) is 4.18. The fraction of sp³-hybridized carbons (Fsp3) is 0.212. The van der Waals surface area contributed by atoms with Crippen molar-refractivity contribution in [1.82, 2.24) is 0 Å². The van der Waals surface area contributed by atoms with Gasteiger partial charge in [-0.25, -0.2) is 30.7 Å². The van der Waals surface area contributed by atoms with Crippen LogP contribution in [-0.2, 0) is 6.11 Å². The standard InChI is InChI=1S/C33H21F9O/c1-2-3-4-20-14-27(35)24(28(36)15-20)11-6-19-7-12-25(29(37)13-19)33(41,42)43-23-10-9-22(26(34)18-23)8-5-21-16-30(38)32(40)31(39)17-21/h7,9-10,12-14,16-18,20H,2-4,15H2,1H3. The van der Waals surface area contributed by atoms with E-state index in [1.54, 1.807) is 0 Å². The molecule has 43 heavy (non-hydrogen) atoms. The van der Waals surface area contributed by atoms with Crippen molar-refractivity contribution in [2.24, 2.45) is 5.92 Å². The van der Waals surface area contributed by atoms with E-state index >= 15 is 0 Å². The summed E-state index contributed by atoms with van der Waals surface area (Å²) in [7, 11) is 0. The van der Waals surface area contributed by atoms with E-state index in [9.17, 15) is 39.5 Å². The summed E-state index contributed by atoms with van der Waals surface area (Å²) in [4.78, 5) is 0. The van der Waals surface area contributed by atoms with Crippen LogP contribution in [0.4, 0.5) is 39.5 Å². The first-order valence-corrected chi connectivity index (χ1v) is 13.0. The average Bonchev–Trinajstić information content (AvgIpc) is 2.93. The van der Waals surface area contributed by atoms with Gasteiger partial charge in [-0.2, -0.15) is 8.78 Å². The maximum Gasteiger partial charge on any atom is 0.429 e. The number of allylic oxidation sites excluding steroid dienone is 4. The van der Waals surface area contributed by atoms with Crippen LogP contribution >= 0.6 is 0 Å². The van der Waals surface area contributed by atoms with Crippen LogP contribution in [0.2, 0.25) is 0 Å². The second kappa shape index (κ2) is 13.2. The summed E-state index contributed by atoms with van der Waals surface area (Å²) in [6.07, 6.45) is -0.699. The van der Waals surface area contributed by atoms with Crippen LogP contribution in [0.1, 0.15) is 54.9 Å². The first kappa shape index (κ1) is 31.4. The van der Waals surface area contributed by atoms with Gasteiger partial charge in [-0.15, -0.1) is 0 Å². The molecule has 0 radical (unpaired) electrons. The van der Waals surface area contributed by atoms with Crippen LogP contribution < -0.4 is 4.74 Å². The summed E-state index contributed by atoms with van der Waals surface area (Å²) < 4.78 is 132. The van der Waals surface area contributed by atoms with E-state index in [-0.39, 0.29) is 29.0 Å². The van der Waals surface area contributed by atoms with Gasteiger partial charge in [-0.1, -0.05) is 43.4 Å². The smallest absolute Gasteiger partial charge is 0.429 e. The van der Waals surface area contributed by atoms with Crippen LogP contribution in [0, 0.1) is 58.7 Å². The van der Waals surface area contributed by atoms with Gasteiger partial charge >= 0.3 is 6.11 Å². The molecule has 0 fully saturated rings. The van der Waals surface area contributed by atoms with Gasteiger partial charge in [0.2, 0.25) is 0 Å². The number of hydrogen-bond acceptors (Lipinski definition) is 1. The molecule has 0 saturated carbocycles. The lowest BCUT2D eigenvalue weighted by molar-refractivity contribution is -0.187. The number of alkyl halides is 2. The highest BCUT2D eigenvalue weighted by Crippen LogP contribution is 2.35. The summed E-state index contributed by atoms with van der Waals surface area (Å²) in [5.41, 5.74) is -2.48. The summed E-state index contributed by atoms with van der Waals surface area (Å²) in [6.45, 7) is 1.96. The third-order valence-electron chi connectivity index (χ3n) is 6.39. The highest BCUT2D eigenvalue weighted by molar-refractivity contribution is 5.51. The molecule has 0 heterocycles. The summed E-state index contributed by atoms with van der Waals surface area (Å²) in [6, 6.07) is 5.92. The minimum atomic E-state index is -4.28. The molecular weight excluding hydrogens is 583 g/mol. The number of unbranched alkanes of at least 4 members (excludes halogenated alkanes) is 1. The van der Waals surface area contributed by atoms with E-state index in [1.807, 2.05) is 6.92 Å². The first-order valence-electron chi connectivity index (χ1n) is 13.0. The topological polar surface area (TPSA) is 9.23 Å². The van der Waals surface area contributed by atoms with E-state index in [0.717, 1.165) is 31.0 Å². The molecule has 10 heteroatoms. The quantitative estimate of drug-likeness (QED) is 0.155. The van der Waals surface area contributed by atoms with Crippen molar-refractivity contribution in [2.45, 2.75) is 38.7 Å². The lowest BCUT2D eigenvalue weighted by atomic mass is 9.90. The molecule has 3 aromatic rings. The monoisotopic (exact) mass is 604 g/mol. The Hall–Kier alpha value is -4.57. The second-order valence-corrected chi connectivity index (χ2v) is 9.61. The van der Waals surface area contributed by atoms with Gasteiger partial charge < -0.3 is 4.74 Å². The lowest BCUT2D eigenvalue weighted by Gasteiger charge is -2.19. The normalized spacial score (nSPS) is 14.8. The van der Waals surface area contributed by atoms with Gasteiger partial charge in [-0.05, 0) is 60.9 Å². The Kier molecular flexibility index (Phi) is 9.60. The highest BCUT2D eigenvalue weighted by atomic mass is 19.3. The Bertz CT molecular complexity index is 1710. The van der Waals surface area contributed by atoms with E-state index in [2.05, 4.69) is 28.4 Å². The zero-order chi connectivity index (χ0) is 31.3. The molecule has 4 rings (SSSR count). The third-order valence-corrected chi connectivity index (χ3v) is 6.39. The van der Waals surface area contributed by atoms with Crippen molar-refractivity contribution in [3.8, 4) is 29.4 Å². The molecule has 0 saturated heterocycles. The molecule has 3 aromatic carbocycles. The van der Waals surface area contributed by atoms with Crippen molar-refractivity contribution in [3.05, 3.63) is 123 Å². The average molecular weight is 605 g/mol. The minimum Gasteiger partial charge on any atom is -0.429 e. The molecule has 0 aliphatic heterocycles. The third kappa shape index (κ3) is 7.64. The van der Waals surface area contributed by atoms with Crippen molar-refractivity contribution in [1.29, 1.82) is 0 Å². The number of hydrogen-bond donors (Lipinski definition) is 0. The van der Waals surface area contributed by atoms with Crippen LogP contribution in [0.3, 0.4) is 0 Å².